The van der Waals surface area contributed by atoms with Gasteiger partial charge < -0.3 is 16.2 Å². The monoisotopic (exact) mass is 248 g/mol. The first-order valence-electron chi connectivity index (χ1n) is 4.98. The van der Waals surface area contributed by atoms with E-state index < -0.39 is 0 Å². The Morgan fingerprint density at radius 1 is 1.44 bits per heavy atom. The van der Waals surface area contributed by atoms with E-state index in [1.54, 1.807) is 12.1 Å². The average molecular weight is 249 g/mol. The molecule has 16 heavy (non-hydrogen) atoms. The highest BCUT2D eigenvalue weighted by molar-refractivity contribution is 5.85. The summed E-state index contributed by atoms with van der Waals surface area (Å²) >= 11 is 0. The first-order valence-corrected chi connectivity index (χ1v) is 4.98. The molecule has 92 valence electrons. The van der Waals surface area contributed by atoms with Crippen LogP contribution in [0.2, 0.25) is 0 Å². The highest BCUT2D eigenvalue weighted by Gasteiger charge is 2.11. The van der Waals surface area contributed by atoms with Gasteiger partial charge in [-0.1, -0.05) is 6.07 Å². The maximum Gasteiger partial charge on any atom is 0.131 e. The highest BCUT2D eigenvalue weighted by Crippen LogP contribution is 2.22. The molecule has 1 atom stereocenters. The minimum absolute atomic E-state index is 0. The number of halogens is 2. The van der Waals surface area contributed by atoms with Gasteiger partial charge in [0.15, 0.2) is 0 Å². The summed E-state index contributed by atoms with van der Waals surface area (Å²) in [6, 6.07) is 4.42. The number of hydrogen-bond acceptors (Lipinski definition) is 3. The number of benzene rings is 1. The lowest BCUT2D eigenvalue weighted by atomic mass is 10.0. The summed E-state index contributed by atoms with van der Waals surface area (Å²) < 4.78 is 18.4. The maximum atomic E-state index is 13.5. The van der Waals surface area contributed by atoms with Crippen LogP contribution in [0.25, 0.3) is 0 Å². The molecule has 5 heteroatoms. The van der Waals surface area contributed by atoms with E-state index in [9.17, 15) is 4.39 Å². The molecule has 3 nitrogen and oxygen atoms in total. The van der Waals surface area contributed by atoms with Crippen molar-refractivity contribution in [2.45, 2.75) is 18.9 Å². The SMILES string of the molecule is COc1ccc([C@@H](N)CCCN)c(F)c1.Cl. The molecule has 1 aromatic carbocycles. The molecule has 1 aromatic rings. The van der Waals surface area contributed by atoms with Crippen molar-refractivity contribution in [3.8, 4) is 5.75 Å². The molecular weight excluding hydrogens is 231 g/mol. The Morgan fingerprint density at radius 3 is 2.62 bits per heavy atom. The Labute approximate surface area is 101 Å². The summed E-state index contributed by atoms with van der Waals surface area (Å²) in [5.41, 5.74) is 11.7. The predicted octanol–water partition coefficient (Wildman–Crippen LogP) is 1.99. The van der Waals surface area contributed by atoms with Gasteiger partial charge in [-0.25, -0.2) is 4.39 Å². The first-order chi connectivity index (χ1) is 7.19. The van der Waals surface area contributed by atoms with Crippen LogP contribution in [0.3, 0.4) is 0 Å². The third kappa shape index (κ3) is 3.96. The zero-order valence-corrected chi connectivity index (χ0v) is 10.1. The zero-order valence-electron chi connectivity index (χ0n) is 9.28. The van der Waals surface area contributed by atoms with E-state index in [4.69, 9.17) is 16.2 Å². The number of hydrogen-bond donors (Lipinski definition) is 2. The summed E-state index contributed by atoms with van der Waals surface area (Å²) in [6.07, 6.45) is 1.49. The van der Waals surface area contributed by atoms with Crippen LogP contribution in [0.5, 0.6) is 5.75 Å². The molecule has 0 saturated carbocycles. The van der Waals surface area contributed by atoms with Crippen LogP contribution in [-0.4, -0.2) is 13.7 Å². The van der Waals surface area contributed by atoms with Crippen molar-refractivity contribution in [3.63, 3.8) is 0 Å². The van der Waals surface area contributed by atoms with Crippen molar-refractivity contribution >= 4 is 12.4 Å². The lowest BCUT2D eigenvalue weighted by Gasteiger charge is -2.13. The number of ether oxygens (including phenoxy) is 1. The van der Waals surface area contributed by atoms with E-state index in [0.29, 0.717) is 24.3 Å². The molecule has 1 rings (SSSR count). The van der Waals surface area contributed by atoms with Gasteiger partial charge in [0.05, 0.1) is 7.11 Å². The van der Waals surface area contributed by atoms with Crippen LogP contribution in [0, 0.1) is 5.82 Å². The van der Waals surface area contributed by atoms with Crippen LogP contribution in [-0.2, 0) is 0 Å². The van der Waals surface area contributed by atoms with Crippen LogP contribution < -0.4 is 16.2 Å². The fraction of sp³-hybridized carbons (Fsp3) is 0.455. The highest BCUT2D eigenvalue weighted by atomic mass is 35.5. The van der Waals surface area contributed by atoms with Gasteiger partial charge in [-0.3, -0.25) is 0 Å². The van der Waals surface area contributed by atoms with Crippen LogP contribution in [0.4, 0.5) is 4.39 Å². The van der Waals surface area contributed by atoms with Crippen molar-refractivity contribution in [2.24, 2.45) is 11.5 Å². The molecule has 0 saturated heterocycles. The Morgan fingerprint density at radius 2 is 2.12 bits per heavy atom. The molecule has 0 fully saturated rings. The van der Waals surface area contributed by atoms with Gasteiger partial charge in [-0.05, 0) is 25.5 Å². The van der Waals surface area contributed by atoms with E-state index >= 15 is 0 Å². The molecule has 0 aliphatic heterocycles. The van der Waals surface area contributed by atoms with Gasteiger partial charge in [0, 0.05) is 17.7 Å². The second-order valence-electron chi connectivity index (χ2n) is 3.42. The zero-order chi connectivity index (χ0) is 11.3. The van der Waals surface area contributed by atoms with Gasteiger partial charge in [0.2, 0.25) is 0 Å². The molecule has 0 unspecified atom stereocenters. The van der Waals surface area contributed by atoms with E-state index in [1.165, 1.54) is 13.2 Å². The second kappa shape index (κ2) is 7.44. The molecular formula is C11H18ClFN2O. The number of nitrogens with two attached hydrogens (primary N) is 2. The quantitative estimate of drug-likeness (QED) is 0.838. The molecule has 0 bridgehead atoms. The lowest BCUT2D eigenvalue weighted by molar-refractivity contribution is 0.410. The standard InChI is InChI=1S/C11H17FN2O.ClH/c1-15-8-4-5-9(10(12)7-8)11(14)3-2-6-13;/h4-5,7,11H,2-3,6,13-14H2,1H3;1H/t11-;/m0./s1. The smallest absolute Gasteiger partial charge is 0.131 e. The molecule has 0 aliphatic carbocycles. The fourth-order valence-electron chi connectivity index (χ4n) is 1.43. The Bertz CT molecular complexity index is 323. The number of rotatable bonds is 5. The van der Waals surface area contributed by atoms with Gasteiger partial charge in [0.25, 0.3) is 0 Å². The van der Waals surface area contributed by atoms with E-state index in [-0.39, 0.29) is 24.3 Å². The average Bonchev–Trinajstić information content (AvgIpc) is 2.25. The van der Waals surface area contributed by atoms with Crippen molar-refractivity contribution in [2.75, 3.05) is 13.7 Å². The molecule has 0 heterocycles. The minimum Gasteiger partial charge on any atom is -0.497 e. The molecule has 0 spiro atoms. The number of methoxy groups -OCH3 is 1. The summed E-state index contributed by atoms with van der Waals surface area (Å²) in [6.45, 7) is 0.575. The largest absolute Gasteiger partial charge is 0.497 e. The molecule has 0 radical (unpaired) electrons. The summed E-state index contributed by atoms with van der Waals surface area (Å²) in [5, 5.41) is 0. The third-order valence-electron chi connectivity index (χ3n) is 2.33. The van der Waals surface area contributed by atoms with Gasteiger partial charge >= 0.3 is 0 Å². The predicted molar refractivity (Wildman–Crippen MR) is 65.4 cm³/mol. The second-order valence-corrected chi connectivity index (χ2v) is 3.42. The molecule has 0 amide bonds. The minimum atomic E-state index is -0.320. The van der Waals surface area contributed by atoms with Crippen molar-refractivity contribution in [1.29, 1.82) is 0 Å². The van der Waals surface area contributed by atoms with E-state index in [1.807, 2.05) is 0 Å². The van der Waals surface area contributed by atoms with Crippen molar-refractivity contribution < 1.29 is 9.13 Å². The van der Waals surface area contributed by atoms with Crippen molar-refractivity contribution in [3.05, 3.63) is 29.6 Å². The normalized spacial score (nSPS) is 11.8. The van der Waals surface area contributed by atoms with Gasteiger partial charge in [-0.2, -0.15) is 0 Å². The molecule has 4 N–H and O–H groups in total. The van der Waals surface area contributed by atoms with Crippen LogP contribution in [0.1, 0.15) is 24.4 Å². The van der Waals surface area contributed by atoms with Gasteiger partial charge in [0.1, 0.15) is 11.6 Å². The van der Waals surface area contributed by atoms with Gasteiger partial charge in [-0.15, -0.1) is 12.4 Å². The molecule has 0 aromatic heterocycles. The Balaban J connectivity index is 0.00000225. The summed E-state index contributed by atoms with van der Waals surface area (Å²) in [7, 11) is 1.50. The first kappa shape index (κ1) is 15.2. The maximum absolute atomic E-state index is 13.5. The van der Waals surface area contributed by atoms with Crippen LogP contribution in [0.15, 0.2) is 18.2 Å². The topological polar surface area (TPSA) is 61.3 Å². The van der Waals surface area contributed by atoms with E-state index in [2.05, 4.69) is 0 Å². The lowest BCUT2D eigenvalue weighted by Crippen LogP contribution is -2.14. The Kier molecular flexibility index (Phi) is 7.05. The fourth-order valence-corrected chi connectivity index (χ4v) is 1.43. The van der Waals surface area contributed by atoms with Crippen LogP contribution >= 0.6 is 12.4 Å². The van der Waals surface area contributed by atoms with E-state index in [0.717, 1.165) is 6.42 Å². The Hall–Kier alpha value is -0.840. The third-order valence-corrected chi connectivity index (χ3v) is 2.33. The summed E-state index contributed by atoms with van der Waals surface area (Å²) in [5.74, 6) is 0.182. The summed E-state index contributed by atoms with van der Waals surface area (Å²) in [4.78, 5) is 0. The van der Waals surface area contributed by atoms with Crippen molar-refractivity contribution in [1.82, 2.24) is 0 Å². The molecule has 0 aliphatic rings.